The highest BCUT2D eigenvalue weighted by Crippen LogP contribution is 2.42. The second-order valence-corrected chi connectivity index (χ2v) is 7.29. The first-order valence-electron chi connectivity index (χ1n) is 4.97. The summed E-state index contributed by atoms with van der Waals surface area (Å²) in [5.74, 6) is 0.0594. The molecule has 2 atom stereocenters. The minimum atomic E-state index is -3.07. The largest absolute Gasteiger partial charge is 0.385 e. The molecule has 5 nitrogen and oxygen atoms in total. The lowest BCUT2D eigenvalue weighted by Gasteiger charge is -2.30. The van der Waals surface area contributed by atoms with Crippen molar-refractivity contribution in [3.63, 3.8) is 0 Å². The fourth-order valence-corrected chi connectivity index (χ4v) is 4.98. The molecule has 2 unspecified atom stereocenters. The standard InChI is InChI=1S/C9H14N2O3S2/c10-5-9(1-4-16(13,14)6-9)7(12)8-11-2-3-15-8/h2-3,7,12H,1,4-6,10H2. The Morgan fingerprint density at radius 2 is 2.44 bits per heavy atom. The van der Waals surface area contributed by atoms with E-state index in [-0.39, 0.29) is 18.1 Å². The molecule has 3 N–H and O–H groups in total. The van der Waals surface area contributed by atoms with Gasteiger partial charge in [0.05, 0.1) is 11.5 Å². The molecule has 0 spiro atoms. The maximum atomic E-state index is 11.5. The highest BCUT2D eigenvalue weighted by Gasteiger charge is 2.47. The zero-order valence-electron chi connectivity index (χ0n) is 8.67. The van der Waals surface area contributed by atoms with E-state index in [1.807, 2.05) is 0 Å². The molecule has 0 aromatic carbocycles. The van der Waals surface area contributed by atoms with Gasteiger partial charge in [0.2, 0.25) is 0 Å². The van der Waals surface area contributed by atoms with Gasteiger partial charge in [0.1, 0.15) is 11.1 Å². The number of sulfone groups is 1. The second kappa shape index (κ2) is 4.06. The van der Waals surface area contributed by atoms with Gasteiger partial charge in [-0.15, -0.1) is 11.3 Å². The van der Waals surface area contributed by atoms with Gasteiger partial charge < -0.3 is 10.8 Å². The molecule has 1 saturated heterocycles. The molecule has 1 aliphatic heterocycles. The Bertz CT molecular complexity index is 457. The summed E-state index contributed by atoms with van der Waals surface area (Å²) in [4.78, 5) is 4.02. The number of hydrogen-bond donors (Lipinski definition) is 2. The Kier molecular flexibility index (Phi) is 3.04. The van der Waals surface area contributed by atoms with Crippen molar-refractivity contribution in [2.24, 2.45) is 11.1 Å². The fourth-order valence-electron chi connectivity index (χ4n) is 2.06. The van der Waals surface area contributed by atoms with Gasteiger partial charge in [-0.05, 0) is 6.42 Å². The molecule has 1 fully saturated rings. The normalized spacial score (nSPS) is 30.4. The highest BCUT2D eigenvalue weighted by molar-refractivity contribution is 7.91. The summed E-state index contributed by atoms with van der Waals surface area (Å²) in [6.07, 6.45) is 1.12. The van der Waals surface area contributed by atoms with Crippen LogP contribution in [0, 0.1) is 5.41 Å². The molecule has 0 saturated carbocycles. The summed E-state index contributed by atoms with van der Waals surface area (Å²) in [6, 6.07) is 0. The summed E-state index contributed by atoms with van der Waals surface area (Å²) in [5.41, 5.74) is 4.90. The number of aliphatic hydroxyl groups excluding tert-OH is 1. The van der Waals surface area contributed by atoms with Gasteiger partial charge in [0.25, 0.3) is 0 Å². The van der Waals surface area contributed by atoms with E-state index in [1.165, 1.54) is 11.3 Å². The lowest BCUT2D eigenvalue weighted by atomic mass is 9.82. The molecule has 0 bridgehead atoms. The van der Waals surface area contributed by atoms with Crippen molar-refractivity contribution in [1.29, 1.82) is 0 Å². The number of aliphatic hydroxyl groups is 1. The first-order chi connectivity index (χ1) is 7.49. The highest BCUT2D eigenvalue weighted by atomic mass is 32.2. The van der Waals surface area contributed by atoms with Crippen LogP contribution in [0.1, 0.15) is 17.5 Å². The zero-order chi connectivity index (χ0) is 11.8. The molecule has 0 amide bonds. The average molecular weight is 262 g/mol. The Morgan fingerprint density at radius 1 is 1.69 bits per heavy atom. The van der Waals surface area contributed by atoms with Gasteiger partial charge in [0.15, 0.2) is 9.84 Å². The van der Waals surface area contributed by atoms with E-state index in [0.717, 1.165) is 0 Å². The van der Waals surface area contributed by atoms with Crippen molar-refractivity contribution in [1.82, 2.24) is 4.98 Å². The van der Waals surface area contributed by atoms with Crippen LogP contribution in [0.15, 0.2) is 11.6 Å². The summed E-state index contributed by atoms with van der Waals surface area (Å²) in [6.45, 7) is 0.160. The van der Waals surface area contributed by atoms with Gasteiger partial charge in [-0.2, -0.15) is 0 Å². The van der Waals surface area contributed by atoms with E-state index >= 15 is 0 Å². The van der Waals surface area contributed by atoms with Gasteiger partial charge in [-0.25, -0.2) is 13.4 Å². The lowest BCUT2D eigenvalue weighted by molar-refractivity contribution is 0.0470. The predicted molar refractivity (Wildman–Crippen MR) is 61.8 cm³/mol. The van der Waals surface area contributed by atoms with Crippen LogP contribution in [-0.2, 0) is 9.84 Å². The molecule has 16 heavy (non-hydrogen) atoms. The molecule has 1 aromatic rings. The van der Waals surface area contributed by atoms with Crippen LogP contribution >= 0.6 is 11.3 Å². The first-order valence-corrected chi connectivity index (χ1v) is 7.67. The second-order valence-electron chi connectivity index (χ2n) is 4.18. The monoisotopic (exact) mass is 262 g/mol. The van der Waals surface area contributed by atoms with Crippen molar-refractivity contribution in [3.05, 3.63) is 16.6 Å². The number of rotatable bonds is 3. The minimum Gasteiger partial charge on any atom is -0.385 e. The maximum Gasteiger partial charge on any atom is 0.151 e. The van der Waals surface area contributed by atoms with Crippen LogP contribution < -0.4 is 5.73 Å². The quantitative estimate of drug-likeness (QED) is 0.796. The molecule has 2 heterocycles. The molecular formula is C9H14N2O3S2. The van der Waals surface area contributed by atoms with Crippen LogP contribution in [0.3, 0.4) is 0 Å². The number of thiazole rings is 1. The Morgan fingerprint density at radius 3 is 2.88 bits per heavy atom. The number of aromatic nitrogens is 1. The molecule has 90 valence electrons. The van der Waals surface area contributed by atoms with Gasteiger partial charge in [-0.1, -0.05) is 0 Å². The molecule has 0 aliphatic carbocycles. The predicted octanol–water partition coefficient (Wildman–Crippen LogP) is -0.0599. The van der Waals surface area contributed by atoms with Crippen LogP contribution in [-0.4, -0.2) is 36.6 Å². The summed E-state index contributed by atoms with van der Waals surface area (Å²) in [5, 5.41) is 12.5. The van der Waals surface area contributed by atoms with Crippen molar-refractivity contribution >= 4 is 21.2 Å². The van der Waals surface area contributed by atoms with Gasteiger partial charge in [0, 0.05) is 23.5 Å². The van der Waals surface area contributed by atoms with Crippen molar-refractivity contribution in [3.8, 4) is 0 Å². The number of hydrogen-bond acceptors (Lipinski definition) is 6. The SMILES string of the molecule is NCC1(C(O)c2nccs2)CCS(=O)(=O)C1. The summed E-state index contributed by atoms with van der Waals surface area (Å²) < 4.78 is 23.0. The average Bonchev–Trinajstić information content (AvgIpc) is 2.85. The van der Waals surface area contributed by atoms with E-state index in [0.29, 0.717) is 11.4 Å². The topological polar surface area (TPSA) is 93.3 Å². The van der Waals surface area contributed by atoms with E-state index in [1.54, 1.807) is 11.6 Å². The van der Waals surface area contributed by atoms with Gasteiger partial charge >= 0.3 is 0 Å². The number of nitrogens with two attached hydrogens (primary N) is 1. The number of nitrogens with zero attached hydrogens (tertiary/aromatic N) is 1. The van der Waals surface area contributed by atoms with E-state index < -0.39 is 21.4 Å². The minimum absolute atomic E-state index is 0.0444. The van der Waals surface area contributed by atoms with Crippen LogP contribution in [0.4, 0.5) is 0 Å². The zero-order valence-corrected chi connectivity index (χ0v) is 10.3. The smallest absolute Gasteiger partial charge is 0.151 e. The Labute approximate surface area is 98.2 Å². The first kappa shape index (κ1) is 12.0. The lowest BCUT2D eigenvalue weighted by Crippen LogP contribution is -2.38. The molecule has 7 heteroatoms. The Balaban J connectivity index is 2.30. The van der Waals surface area contributed by atoms with Gasteiger partial charge in [-0.3, -0.25) is 0 Å². The molecule has 0 radical (unpaired) electrons. The Hall–Kier alpha value is -0.500. The fraction of sp³-hybridized carbons (Fsp3) is 0.667. The maximum absolute atomic E-state index is 11.5. The summed E-state index contributed by atoms with van der Waals surface area (Å²) in [7, 11) is -3.07. The van der Waals surface area contributed by atoms with E-state index in [4.69, 9.17) is 5.73 Å². The van der Waals surface area contributed by atoms with Crippen molar-refractivity contribution in [2.45, 2.75) is 12.5 Å². The molecule has 1 aromatic heterocycles. The van der Waals surface area contributed by atoms with Crippen molar-refractivity contribution in [2.75, 3.05) is 18.1 Å². The molecule has 1 aliphatic rings. The third-order valence-corrected chi connectivity index (χ3v) is 5.76. The van der Waals surface area contributed by atoms with Crippen molar-refractivity contribution < 1.29 is 13.5 Å². The van der Waals surface area contributed by atoms with E-state index in [9.17, 15) is 13.5 Å². The third-order valence-electron chi connectivity index (χ3n) is 3.09. The van der Waals surface area contributed by atoms with Crippen LogP contribution in [0.25, 0.3) is 0 Å². The molecule has 2 rings (SSSR count). The third kappa shape index (κ3) is 2.00. The van der Waals surface area contributed by atoms with Crippen LogP contribution in [0.2, 0.25) is 0 Å². The van der Waals surface area contributed by atoms with Crippen LogP contribution in [0.5, 0.6) is 0 Å². The summed E-state index contributed by atoms with van der Waals surface area (Å²) >= 11 is 1.32. The van der Waals surface area contributed by atoms with E-state index in [2.05, 4.69) is 4.98 Å². The molecular weight excluding hydrogens is 248 g/mol.